The van der Waals surface area contributed by atoms with Gasteiger partial charge >= 0.3 is 0 Å². The van der Waals surface area contributed by atoms with Gasteiger partial charge in [0, 0.05) is 17.7 Å². The molecular formula is C18H16N2O4S2. The van der Waals surface area contributed by atoms with Crippen LogP contribution in [0.15, 0.2) is 46.4 Å². The molecule has 0 saturated carbocycles. The van der Waals surface area contributed by atoms with Crippen LogP contribution in [-0.2, 0) is 17.1 Å². The quantitative estimate of drug-likeness (QED) is 0.666. The third kappa shape index (κ3) is 4.03. The van der Waals surface area contributed by atoms with E-state index in [9.17, 15) is 4.79 Å². The SMILES string of the molecule is O=C(CSCc1csc(-c2ccco2)n1)NCc1ccc2c(c1)OCO2. The van der Waals surface area contributed by atoms with Crippen LogP contribution >= 0.6 is 23.1 Å². The van der Waals surface area contributed by atoms with Crippen LogP contribution in [0.5, 0.6) is 11.5 Å². The van der Waals surface area contributed by atoms with E-state index in [2.05, 4.69) is 10.3 Å². The fraction of sp³-hybridized carbons (Fsp3) is 0.222. The third-order valence-electron chi connectivity index (χ3n) is 3.69. The van der Waals surface area contributed by atoms with Crippen molar-refractivity contribution in [2.75, 3.05) is 12.5 Å². The molecule has 1 N–H and O–H groups in total. The first-order valence-electron chi connectivity index (χ1n) is 7.99. The molecule has 1 aromatic carbocycles. The molecule has 134 valence electrons. The zero-order valence-electron chi connectivity index (χ0n) is 13.8. The van der Waals surface area contributed by atoms with Gasteiger partial charge in [0.2, 0.25) is 12.7 Å². The molecule has 0 atom stereocenters. The van der Waals surface area contributed by atoms with Crippen LogP contribution in [0.4, 0.5) is 0 Å². The Bertz CT molecular complexity index is 892. The van der Waals surface area contributed by atoms with Crippen LogP contribution in [0.3, 0.4) is 0 Å². The van der Waals surface area contributed by atoms with Gasteiger partial charge in [-0.15, -0.1) is 23.1 Å². The standard InChI is InChI=1S/C18H16N2O4S2/c21-17(19-7-12-3-4-14-16(6-12)24-11-23-14)10-25-8-13-9-26-18(20-13)15-2-1-5-22-15/h1-6,9H,7-8,10-11H2,(H,19,21). The maximum absolute atomic E-state index is 12.0. The fourth-order valence-electron chi connectivity index (χ4n) is 2.44. The van der Waals surface area contributed by atoms with E-state index < -0.39 is 0 Å². The molecule has 0 fully saturated rings. The zero-order valence-corrected chi connectivity index (χ0v) is 15.4. The van der Waals surface area contributed by atoms with E-state index in [-0.39, 0.29) is 12.7 Å². The third-order valence-corrected chi connectivity index (χ3v) is 5.57. The summed E-state index contributed by atoms with van der Waals surface area (Å²) in [6.07, 6.45) is 1.63. The average Bonchev–Trinajstić information content (AvgIpc) is 3.39. The highest BCUT2D eigenvalue weighted by Gasteiger charge is 2.13. The average molecular weight is 388 g/mol. The van der Waals surface area contributed by atoms with Gasteiger partial charge in [0.15, 0.2) is 22.3 Å². The van der Waals surface area contributed by atoms with E-state index in [0.29, 0.717) is 18.1 Å². The van der Waals surface area contributed by atoms with Gasteiger partial charge in [-0.3, -0.25) is 4.79 Å². The number of rotatable bonds is 7. The second-order valence-corrected chi connectivity index (χ2v) is 7.42. The highest BCUT2D eigenvalue weighted by molar-refractivity contribution is 7.99. The summed E-state index contributed by atoms with van der Waals surface area (Å²) in [5, 5.41) is 5.77. The summed E-state index contributed by atoms with van der Waals surface area (Å²) in [4.78, 5) is 16.5. The number of thiazole rings is 1. The zero-order chi connectivity index (χ0) is 17.8. The molecule has 26 heavy (non-hydrogen) atoms. The minimum atomic E-state index is -0.00541. The summed E-state index contributed by atoms with van der Waals surface area (Å²) in [6.45, 7) is 0.718. The Morgan fingerprint density at radius 2 is 2.19 bits per heavy atom. The normalized spacial score (nSPS) is 12.3. The van der Waals surface area contributed by atoms with E-state index in [0.717, 1.165) is 33.5 Å². The van der Waals surface area contributed by atoms with Gasteiger partial charge < -0.3 is 19.2 Å². The van der Waals surface area contributed by atoms with Crippen molar-refractivity contribution < 1.29 is 18.7 Å². The highest BCUT2D eigenvalue weighted by atomic mass is 32.2. The van der Waals surface area contributed by atoms with Crippen LogP contribution in [0.25, 0.3) is 10.8 Å². The second kappa shape index (κ2) is 7.84. The number of hydrogen-bond donors (Lipinski definition) is 1. The Labute approximate surface area is 158 Å². The second-order valence-electron chi connectivity index (χ2n) is 5.58. The number of ether oxygens (including phenoxy) is 2. The number of furan rings is 1. The van der Waals surface area contributed by atoms with Crippen molar-refractivity contribution in [1.29, 1.82) is 0 Å². The lowest BCUT2D eigenvalue weighted by atomic mass is 10.2. The van der Waals surface area contributed by atoms with Crippen molar-refractivity contribution >= 4 is 29.0 Å². The summed E-state index contributed by atoms with van der Waals surface area (Å²) in [5.74, 6) is 3.31. The number of benzene rings is 1. The summed E-state index contributed by atoms with van der Waals surface area (Å²) in [6, 6.07) is 9.40. The Hall–Kier alpha value is -2.45. The van der Waals surface area contributed by atoms with E-state index in [1.165, 1.54) is 11.8 Å². The van der Waals surface area contributed by atoms with Crippen molar-refractivity contribution in [3.63, 3.8) is 0 Å². The Morgan fingerprint density at radius 3 is 3.08 bits per heavy atom. The molecule has 0 aliphatic carbocycles. The highest BCUT2D eigenvalue weighted by Crippen LogP contribution is 2.32. The minimum absolute atomic E-state index is 0.00541. The Morgan fingerprint density at radius 1 is 1.27 bits per heavy atom. The molecular weight excluding hydrogens is 372 g/mol. The monoisotopic (exact) mass is 388 g/mol. The molecule has 6 nitrogen and oxygen atoms in total. The summed E-state index contributed by atoms with van der Waals surface area (Å²) < 4.78 is 16.0. The molecule has 0 radical (unpaired) electrons. The minimum Gasteiger partial charge on any atom is -0.462 e. The van der Waals surface area contributed by atoms with Crippen molar-refractivity contribution in [3.8, 4) is 22.3 Å². The van der Waals surface area contributed by atoms with Gasteiger partial charge in [-0.1, -0.05) is 6.07 Å². The summed E-state index contributed by atoms with van der Waals surface area (Å²) in [5.41, 5.74) is 1.94. The molecule has 0 unspecified atom stereocenters. The number of carbonyl (C=O) groups is 1. The molecule has 3 heterocycles. The van der Waals surface area contributed by atoms with Crippen molar-refractivity contribution in [2.24, 2.45) is 0 Å². The Balaban J connectivity index is 1.21. The first-order chi connectivity index (χ1) is 12.8. The van der Waals surface area contributed by atoms with Crippen LogP contribution < -0.4 is 14.8 Å². The lowest BCUT2D eigenvalue weighted by molar-refractivity contribution is -0.118. The number of aromatic nitrogens is 1. The molecule has 0 saturated heterocycles. The first kappa shape index (κ1) is 17.0. The van der Waals surface area contributed by atoms with E-state index in [1.54, 1.807) is 17.6 Å². The number of nitrogens with one attached hydrogen (secondary N) is 1. The van der Waals surface area contributed by atoms with Crippen molar-refractivity contribution in [2.45, 2.75) is 12.3 Å². The topological polar surface area (TPSA) is 73.6 Å². The lowest BCUT2D eigenvalue weighted by Gasteiger charge is -2.06. The molecule has 0 spiro atoms. The first-order valence-corrected chi connectivity index (χ1v) is 10.0. The molecule has 1 amide bonds. The largest absolute Gasteiger partial charge is 0.462 e. The molecule has 3 aromatic rings. The Kier molecular flexibility index (Phi) is 5.12. The van der Waals surface area contributed by atoms with E-state index >= 15 is 0 Å². The number of hydrogen-bond acceptors (Lipinski definition) is 7. The maximum atomic E-state index is 12.0. The summed E-state index contributed by atoms with van der Waals surface area (Å²) in [7, 11) is 0. The maximum Gasteiger partial charge on any atom is 0.231 e. The molecule has 1 aliphatic rings. The number of thioether (sulfide) groups is 1. The van der Waals surface area contributed by atoms with Gasteiger partial charge in [0.1, 0.15) is 0 Å². The molecule has 8 heteroatoms. The number of nitrogens with zero attached hydrogens (tertiary/aromatic N) is 1. The van der Waals surface area contributed by atoms with Crippen molar-refractivity contribution in [3.05, 3.63) is 53.2 Å². The number of fused-ring (bicyclic) bond motifs is 1. The predicted octanol–water partition coefficient (Wildman–Crippen LogP) is 3.68. The number of amides is 1. The molecule has 1 aliphatic heterocycles. The number of carbonyl (C=O) groups excluding carboxylic acids is 1. The smallest absolute Gasteiger partial charge is 0.231 e. The van der Waals surface area contributed by atoms with Gasteiger partial charge in [0.05, 0.1) is 17.7 Å². The molecule has 2 aromatic heterocycles. The van der Waals surface area contributed by atoms with Gasteiger partial charge in [-0.05, 0) is 29.8 Å². The van der Waals surface area contributed by atoms with Gasteiger partial charge in [-0.25, -0.2) is 4.98 Å². The molecule has 0 bridgehead atoms. The van der Waals surface area contributed by atoms with Crippen molar-refractivity contribution in [1.82, 2.24) is 10.3 Å². The van der Waals surface area contributed by atoms with E-state index in [1.807, 2.05) is 35.7 Å². The van der Waals surface area contributed by atoms with E-state index in [4.69, 9.17) is 13.9 Å². The lowest BCUT2D eigenvalue weighted by Crippen LogP contribution is -2.24. The van der Waals surface area contributed by atoms with Crippen LogP contribution in [0.2, 0.25) is 0 Å². The van der Waals surface area contributed by atoms with Gasteiger partial charge in [0.25, 0.3) is 0 Å². The molecule has 4 rings (SSSR count). The van der Waals surface area contributed by atoms with Crippen LogP contribution in [0, 0.1) is 0 Å². The van der Waals surface area contributed by atoms with Crippen LogP contribution in [0.1, 0.15) is 11.3 Å². The summed E-state index contributed by atoms with van der Waals surface area (Å²) >= 11 is 3.08. The fourth-order valence-corrected chi connectivity index (χ4v) is 4.08. The van der Waals surface area contributed by atoms with Gasteiger partial charge in [-0.2, -0.15) is 0 Å². The predicted molar refractivity (Wildman–Crippen MR) is 100 cm³/mol. The van der Waals surface area contributed by atoms with Crippen LogP contribution in [-0.4, -0.2) is 23.4 Å².